The summed E-state index contributed by atoms with van der Waals surface area (Å²) >= 11 is 9.19. The Bertz CT molecular complexity index is 529. The average Bonchev–Trinajstić information content (AvgIpc) is 2.26. The average molecular weight is 353 g/mol. The van der Waals surface area contributed by atoms with Crippen molar-refractivity contribution in [3.63, 3.8) is 0 Å². The maximum atomic E-state index is 12.3. The molecule has 0 spiro atoms. The molecule has 6 heteroatoms. The third-order valence-electron chi connectivity index (χ3n) is 3.20. The van der Waals surface area contributed by atoms with Crippen molar-refractivity contribution in [1.82, 2.24) is 4.31 Å². The van der Waals surface area contributed by atoms with Crippen molar-refractivity contribution in [2.45, 2.75) is 23.1 Å². The Morgan fingerprint density at radius 2 is 2.11 bits per heavy atom. The first-order chi connectivity index (χ1) is 8.39. The standard InChI is InChI=1S/C12H15BrClNO2S/c1-15(8-9-5-11(14)6-9)18(16,17)12-4-2-3-10(13)7-12/h2-4,7,9,11H,5-6,8H2,1H3. The van der Waals surface area contributed by atoms with E-state index in [1.54, 1.807) is 25.2 Å². The van der Waals surface area contributed by atoms with Gasteiger partial charge in [0.1, 0.15) is 0 Å². The minimum Gasteiger partial charge on any atom is -0.207 e. The molecule has 1 fully saturated rings. The van der Waals surface area contributed by atoms with Gasteiger partial charge in [-0.1, -0.05) is 22.0 Å². The molecule has 3 nitrogen and oxygen atoms in total. The normalized spacial score (nSPS) is 24.0. The van der Waals surface area contributed by atoms with Crippen LogP contribution in [0.2, 0.25) is 0 Å². The van der Waals surface area contributed by atoms with E-state index in [0.29, 0.717) is 17.4 Å². The van der Waals surface area contributed by atoms with Gasteiger partial charge in [-0.25, -0.2) is 12.7 Å². The highest BCUT2D eigenvalue weighted by molar-refractivity contribution is 9.10. The molecule has 2 rings (SSSR count). The van der Waals surface area contributed by atoms with Crippen LogP contribution in [-0.4, -0.2) is 31.7 Å². The minimum absolute atomic E-state index is 0.219. The van der Waals surface area contributed by atoms with E-state index in [1.165, 1.54) is 4.31 Å². The van der Waals surface area contributed by atoms with Crippen LogP contribution in [0.5, 0.6) is 0 Å². The van der Waals surface area contributed by atoms with E-state index >= 15 is 0 Å². The second-order valence-electron chi connectivity index (χ2n) is 4.68. The Balaban J connectivity index is 2.10. The third-order valence-corrected chi connectivity index (χ3v) is 5.87. The monoisotopic (exact) mass is 351 g/mol. The fraction of sp³-hybridized carbons (Fsp3) is 0.500. The maximum absolute atomic E-state index is 12.3. The van der Waals surface area contributed by atoms with Gasteiger partial charge in [-0.15, -0.1) is 11.6 Å². The van der Waals surface area contributed by atoms with E-state index in [1.807, 2.05) is 6.07 Å². The number of hydrogen-bond donors (Lipinski definition) is 0. The molecular weight excluding hydrogens is 338 g/mol. The van der Waals surface area contributed by atoms with Gasteiger partial charge in [-0.2, -0.15) is 0 Å². The van der Waals surface area contributed by atoms with Crippen molar-refractivity contribution in [1.29, 1.82) is 0 Å². The summed E-state index contributed by atoms with van der Waals surface area (Å²) < 4.78 is 26.8. The van der Waals surface area contributed by atoms with Gasteiger partial charge in [0.05, 0.1) is 4.90 Å². The van der Waals surface area contributed by atoms with Gasteiger partial charge in [0.25, 0.3) is 0 Å². The summed E-state index contributed by atoms with van der Waals surface area (Å²) in [5.41, 5.74) is 0. The van der Waals surface area contributed by atoms with E-state index in [2.05, 4.69) is 15.9 Å². The predicted molar refractivity (Wildman–Crippen MR) is 76.3 cm³/mol. The summed E-state index contributed by atoms with van der Waals surface area (Å²) in [6.45, 7) is 0.540. The van der Waals surface area contributed by atoms with Crippen molar-refractivity contribution in [2.75, 3.05) is 13.6 Å². The molecule has 100 valence electrons. The summed E-state index contributed by atoms with van der Waals surface area (Å²) in [7, 11) is -1.77. The SMILES string of the molecule is CN(CC1CC(Cl)C1)S(=O)(=O)c1cccc(Br)c1. The number of nitrogens with zero attached hydrogens (tertiary/aromatic N) is 1. The highest BCUT2D eigenvalue weighted by Crippen LogP contribution is 2.33. The number of halogens is 2. The van der Waals surface area contributed by atoms with Crippen molar-refractivity contribution in [3.8, 4) is 0 Å². The lowest BCUT2D eigenvalue weighted by molar-refractivity contribution is 0.268. The topological polar surface area (TPSA) is 37.4 Å². The van der Waals surface area contributed by atoms with Gasteiger partial charge in [-0.3, -0.25) is 0 Å². The molecule has 0 bridgehead atoms. The maximum Gasteiger partial charge on any atom is 0.242 e. The van der Waals surface area contributed by atoms with Gasteiger partial charge < -0.3 is 0 Å². The minimum atomic E-state index is -3.39. The number of hydrogen-bond acceptors (Lipinski definition) is 2. The van der Waals surface area contributed by atoms with Crippen LogP contribution in [0.4, 0.5) is 0 Å². The summed E-state index contributed by atoms with van der Waals surface area (Å²) in [6, 6.07) is 6.77. The number of sulfonamides is 1. The molecule has 1 aliphatic rings. The number of alkyl halides is 1. The van der Waals surface area contributed by atoms with Crippen LogP contribution in [0.3, 0.4) is 0 Å². The lowest BCUT2D eigenvalue weighted by Crippen LogP contribution is -2.37. The first-order valence-corrected chi connectivity index (χ1v) is 8.42. The molecule has 1 aromatic rings. The molecule has 1 aliphatic carbocycles. The van der Waals surface area contributed by atoms with Gasteiger partial charge >= 0.3 is 0 Å². The summed E-state index contributed by atoms with van der Waals surface area (Å²) in [5, 5.41) is 0.219. The molecule has 0 heterocycles. The quantitative estimate of drug-likeness (QED) is 0.781. The Morgan fingerprint density at radius 3 is 2.67 bits per heavy atom. The van der Waals surface area contributed by atoms with Crippen LogP contribution in [0.1, 0.15) is 12.8 Å². The van der Waals surface area contributed by atoms with Crippen LogP contribution >= 0.6 is 27.5 Å². The fourth-order valence-electron chi connectivity index (χ4n) is 2.07. The molecular formula is C12H15BrClNO2S. The van der Waals surface area contributed by atoms with Crippen LogP contribution in [0.15, 0.2) is 33.6 Å². The second-order valence-corrected chi connectivity index (χ2v) is 8.26. The largest absolute Gasteiger partial charge is 0.242 e. The van der Waals surface area contributed by atoms with Crippen LogP contribution in [0, 0.1) is 5.92 Å². The first kappa shape index (κ1) is 14.3. The first-order valence-electron chi connectivity index (χ1n) is 5.75. The Hall–Kier alpha value is -0.100. The molecule has 18 heavy (non-hydrogen) atoms. The molecule has 1 aromatic carbocycles. The smallest absolute Gasteiger partial charge is 0.207 e. The van der Waals surface area contributed by atoms with E-state index in [0.717, 1.165) is 17.3 Å². The lowest BCUT2D eigenvalue weighted by Gasteiger charge is -2.33. The predicted octanol–water partition coefficient (Wildman–Crippen LogP) is 3.09. The molecule has 0 aromatic heterocycles. The number of rotatable bonds is 4. The summed E-state index contributed by atoms with van der Waals surface area (Å²) in [5.74, 6) is 0.388. The molecule has 0 N–H and O–H groups in total. The lowest BCUT2D eigenvalue weighted by atomic mass is 9.85. The van der Waals surface area contributed by atoms with Crippen molar-refractivity contribution >= 4 is 37.6 Å². The van der Waals surface area contributed by atoms with E-state index in [9.17, 15) is 8.42 Å². The summed E-state index contributed by atoms with van der Waals surface area (Å²) in [4.78, 5) is 0.320. The van der Waals surface area contributed by atoms with Crippen molar-refractivity contribution < 1.29 is 8.42 Å². The molecule has 1 saturated carbocycles. The molecule has 0 amide bonds. The Morgan fingerprint density at radius 1 is 1.44 bits per heavy atom. The van der Waals surface area contributed by atoms with Gasteiger partial charge in [0.2, 0.25) is 10.0 Å². The van der Waals surface area contributed by atoms with Crippen LogP contribution in [0.25, 0.3) is 0 Å². The van der Waals surface area contributed by atoms with Crippen molar-refractivity contribution in [3.05, 3.63) is 28.7 Å². The van der Waals surface area contributed by atoms with Gasteiger partial charge in [0.15, 0.2) is 0 Å². The molecule has 0 radical (unpaired) electrons. The molecule has 0 atom stereocenters. The van der Waals surface area contributed by atoms with Crippen molar-refractivity contribution in [2.24, 2.45) is 5.92 Å². The van der Waals surface area contributed by atoms with Gasteiger partial charge in [0, 0.05) is 23.4 Å². The molecule has 0 saturated heterocycles. The third kappa shape index (κ3) is 3.07. The zero-order valence-electron chi connectivity index (χ0n) is 10.0. The van der Waals surface area contributed by atoms with Crippen LogP contribution < -0.4 is 0 Å². The fourth-order valence-corrected chi connectivity index (χ4v) is 4.42. The highest BCUT2D eigenvalue weighted by Gasteiger charge is 2.31. The zero-order chi connectivity index (χ0) is 13.3. The molecule has 0 aliphatic heterocycles. The Kier molecular flexibility index (Phi) is 4.36. The van der Waals surface area contributed by atoms with E-state index < -0.39 is 10.0 Å². The van der Waals surface area contributed by atoms with Gasteiger partial charge in [-0.05, 0) is 37.0 Å². The second kappa shape index (κ2) is 5.49. The number of benzene rings is 1. The highest BCUT2D eigenvalue weighted by atomic mass is 79.9. The van der Waals surface area contributed by atoms with E-state index in [4.69, 9.17) is 11.6 Å². The van der Waals surface area contributed by atoms with E-state index in [-0.39, 0.29) is 5.38 Å². The van der Waals surface area contributed by atoms with Crippen LogP contribution in [-0.2, 0) is 10.0 Å². The molecule has 0 unspecified atom stereocenters. The zero-order valence-corrected chi connectivity index (χ0v) is 13.2. The summed E-state index contributed by atoms with van der Waals surface area (Å²) in [6.07, 6.45) is 1.81. The Labute approximate surface area is 121 Å².